The number of aromatic amines is 2. The third-order valence-corrected chi connectivity index (χ3v) is 2.46. The normalized spacial score (nSPS) is 11.0. The van der Waals surface area contributed by atoms with Gasteiger partial charge in [0.1, 0.15) is 0 Å². The summed E-state index contributed by atoms with van der Waals surface area (Å²) in [5.74, 6) is 0.612. The Labute approximate surface area is 98.9 Å². The highest BCUT2D eigenvalue weighted by atomic mass is 16.3. The number of rotatable bonds is 4. The molecule has 2 rings (SSSR count). The van der Waals surface area contributed by atoms with Gasteiger partial charge in [-0.15, -0.1) is 0 Å². The monoisotopic (exact) mass is 235 g/mol. The zero-order chi connectivity index (χ0) is 12.3. The Hall–Kier alpha value is -1.95. The van der Waals surface area contributed by atoms with Gasteiger partial charge in [0.25, 0.3) is 0 Å². The average Bonchev–Trinajstić information content (AvgIpc) is 2.28. The summed E-state index contributed by atoms with van der Waals surface area (Å²) in [6.07, 6.45) is 0. The Balaban J connectivity index is 2.22. The third kappa shape index (κ3) is 2.79. The molecule has 0 bridgehead atoms. The molecule has 0 spiro atoms. The van der Waals surface area contributed by atoms with Gasteiger partial charge in [-0.1, -0.05) is 12.1 Å². The van der Waals surface area contributed by atoms with Crippen molar-refractivity contribution in [1.29, 1.82) is 0 Å². The first kappa shape index (κ1) is 11.5. The smallest absolute Gasteiger partial charge is 0.306 e. The van der Waals surface area contributed by atoms with Crippen molar-refractivity contribution < 1.29 is 9.53 Å². The van der Waals surface area contributed by atoms with E-state index < -0.39 is 0 Å². The second-order valence-corrected chi connectivity index (χ2v) is 4.15. The lowest BCUT2D eigenvalue weighted by Crippen LogP contribution is -2.31. The highest BCUT2D eigenvalue weighted by Gasteiger charge is 2.14. The fourth-order valence-corrected chi connectivity index (χ4v) is 1.57. The van der Waals surface area contributed by atoms with Gasteiger partial charge in [-0.25, -0.2) is 4.98 Å². The van der Waals surface area contributed by atoms with Crippen molar-refractivity contribution in [3.8, 4) is 0 Å². The van der Waals surface area contributed by atoms with Crippen LogP contribution in [-0.2, 0) is 0 Å². The second kappa shape index (κ2) is 4.92. The van der Waals surface area contributed by atoms with Gasteiger partial charge in [-0.05, 0) is 20.2 Å². The van der Waals surface area contributed by atoms with Crippen LogP contribution in [0.2, 0.25) is 0 Å². The van der Waals surface area contributed by atoms with Gasteiger partial charge in [0, 0.05) is 17.7 Å². The molecule has 0 atom stereocenters. The van der Waals surface area contributed by atoms with Crippen molar-refractivity contribution in [2.75, 3.05) is 32.5 Å². The number of fused-ring (bicyclic) bond motifs is 1. The van der Waals surface area contributed by atoms with Crippen LogP contribution in [0, 0.1) is 4.91 Å². The zero-order valence-corrected chi connectivity index (χ0v) is 10.0. The van der Waals surface area contributed by atoms with E-state index in [2.05, 4.69) is 20.3 Å². The van der Waals surface area contributed by atoms with Crippen molar-refractivity contribution >= 4 is 17.0 Å². The molecule has 1 aromatic heterocycles. The second-order valence-electron chi connectivity index (χ2n) is 4.15. The number of para-hydroxylation sites is 2. The number of H-pyrrole nitrogens is 2. The Morgan fingerprint density at radius 2 is 2.18 bits per heavy atom. The minimum atomic E-state index is 0.589. The van der Waals surface area contributed by atoms with E-state index in [0.29, 0.717) is 11.5 Å². The van der Waals surface area contributed by atoms with E-state index >= 15 is 0 Å². The maximum Gasteiger partial charge on any atom is 0.410 e. The number of hydrogen-bond donors (Lipinski definition) is 2. The maximum absolute atomic E-state index is 11.7. The van der Waals surface area contributed by atoms with Gasteiger partial charge < -0.3 is 4.90 Å². The molecular weight excluding hydrogens is 218 g/mol. The van der Waals surface area contributed by atoms with Crippen LogP contribution >= 0.6 is 0 Å². The lowest BCUT2D eigenvalue weighted by molar-refractivity contribution is -0.552. The number of nitrogens with one attached hydrogen (secondary N) is 3. The molecule has 0 unspecified atom stereocenters. The van der Waals surface area contributed by atoms with Crippen molar-refractivity contribution in [1.82, 2.24) is 10.00 Å². The highest BCUT2D eigenvalue weighted by molar-refractivity contribution is 5.66. The third-order valence-electron chi connectivity index (χ3n) is 2.46. The van der Waals surface area contributed by atoms with E-state index in [1.54, 1.807) is 6.07 Å². The van der Waals surface area contributed by atoms with Gasteiger partial charge in [-0.2, -0.15) is 0 Å². The Morgan fingerprint density at radius 3 is 2.94 bits per heavy atom. The van der Waals surface area contributed by atoms with Gasteiger partial charge in [0.15, 0.2) is 5.52 Å². The van der Waals surface area contributed by atoms with Crippen LogP contribution in [0.5, 0.6) is 0 Å². The molecule has 3 N–H and O–H groups in total. The molecule has 0 aliphatic carbocycles. The topological polar surface area (TPSA) is 68.2 Å². The number of likely N-dealkylation sites (N-methyl/N-ethyl adjacent to an activating group) is 1. The van der Waals surface area contributed by atoms with E-state index in [1.165, 1.54) is 0 Å². The number of nitrogens with zero attached hydrogens (tertiary/aromatic N) is 2. The number of benzene rings is 1. The number of hydrogen-bond acceptors (Lipinski definition) is 3. The van der Waals surface area contributed by atoms with Crippen LogP contribution in [0.25, 0.3) is 11.0 Å². The SMILES string of the molecule is CN(C)CCNc1[nH][n+](=O)c2ccccc2[nH+]1. The first-order valence-corrected chi connectivity index (χ1v) is 5.52. The summed E-state index contributed by atoms with van der Waals surface area (Å²) in [4.78, 5) is 16.9. The molecule has 0 aliphatic heterocycles. The van der Waals surface area contributed by atoms with Crippen LogP contribution in [0.1, 0.15) is 0 Å². The van der Waals surface area contributed by atoms with Crippen molar-refractivity contribution in [3.63, 3.8) is 0 Å². The van der Waals surface area contributed by atoms with E-state index in [0.717, 1.165) is 23.1 Å². The summed E-state index contributed by atoms with van der Waals surface area (Å²) in [5.41, 5.74) is 1.39. The summed E-state index contributed by atoms with van der Waals surface area (Å²) in [6, 6.07) is 7.35. The molecule has 6 heteroatoms. The van der Waals surface area contributed by atoms with E-state index in [-0.39, 0.29) is 0 Å². The standard InChI is InChI=1S/C11H16N5O/c1-15(2)8-7-12-11-13-9-5-3-4-6-10(9)16(17)14-11/h3-6H,7-8H2,1-2H3,(H2,12,13,14,17)/q+1/p+1. The molecule has 6 nitrogen and oxygen atoms in total. The Bertz CT molecular complexity index is 563. The number of anilines is 1. The molecule has 0 saturated carbocycles. The summed E-state index contributed by atoms with van der Waals surface area (Å²) < 4.78 is 0.754. The molecule has 0 radical (unpaired) electrons. The molecule has 0 saturated heterocycles. The molecule has 0 fully saturated rings. The van der Waals surface area contributed by atoms with Crippen LogP contribution in [-0.4, -0.2) is 37.2 Å². The number of aromatic nitrogens is 3. The summed E-state index contributed by atoms with van der Waals surface area (Å²) >= 11 is 0. The molecule has 1 heterocycles. The van der Waals surface area contributed by atoms with Gasteiger partial charge >= 0.3 is 11.5 Å². The van der Waals surface area contributed by atoms with Crippen molar-refractivity contribution in [2.45, 2.75) is 0 Å². The van der Waals surface area contributed by atoms with Crippen LogP contribution in [0.15, 0.2) is 24.3 Å². The molecule has 0 amide bonds. The highest BCUT2D eigenvalue weighted by Crippen LogP contribution is 2.01. The van der Waals surface area contributed by atoms with Crippen LogP contribution in [0.4, 0.5) is 5.95 Å². The summed E-state index contributed by atoms with van der Waals surface area (Å²) in [7, 11) is 4.01. The Kier molecular flexibility index (Phi) is 3.34. The molecule has 1 aromatic carbocycles. The van der Waals surface area contributed by atoms with Crippen LogP contribution < -0.4 is 14.8 Å². The van der Waals surface area contributed by atoms with Gasteiger partial charge in [0.2, 0.25) is 4.54 Å². The fraction of sp³-hybridized carbons (Fsp3) is 0.364. The maximum atomic E-state index is 11.7. The molecule has 0 aliphatic rings. The Morgan fingerprint density at radius 1 is 1.41 bits per heavy atom. The average molecular weight is 235 g/mol. The molecule has 2 aromatic rings. The predicted octanol–water partition coefficient (Wildman–Crippen LogP) is -0.130. The van der Waals surface area contributed by atoms with E-state index in [1.807, 2.05) is 32.3 Å². The van der Waals surface area contributed by atoms with Gasteiger partial charge in [0.05, 0.1) is 11.5 Å². The predicted molar refractivity (Wildman–Crippen MR) is 65.3 cm³/mol. The van der Waals surface area contributed by atoms with Crippen LogP contribution in [0.3, 0.4) is 0 Å². The lowest BCUT2D eigenvalue weighted by Gasteiger charge is -2.06. The minimum absolute atomic E-state index is 0.589. The largest absolute Gasteiger partial charge is 0.410 e. The minimum Gasteiger partial charge on any atom is -0.306 e. The zero-order valence-electron chi connectivity index (χ0n) is 10.0. The quantitative estimate of drug-likeness (QED) is 0.725. The fourth-order valence-electron chi connectivity index (χ4n) is 1.57. The summed E-state index contributed by atoms with van der Waals surface area (Å²) in [6.45, 7) is 1.66. The van der Waals surface area contributed by atoms with E-state index in [4.69, 9.17) is 0 Å². The van der Waals surface area contributed by atoms with Crippen molar-refractivity contribution in [3.05, 3.63) is 29.2 Å². The molecule has 90 valence electrons. The van der Waals surface area contributed by atoms with Crippen molar-refractivity contribution in [2.24, 2.45) is 0 Å². The first-order chi connectivity index (χ1) is 8.16. The van der Waals surface area contributed by atoms with E-state index in [9.17, 15) is 4.91 Å². The van der Waals surface area contributed by atoms with Gasteiger partial charge in [-0.3, -0.25) is 5.32 Å². The lowest BCUT2D eigenvalue weighted by atomic mass is 10.3. The first-order valence-electron chi connectivity index (χ1n) is 5.52. The summed E-state index contributed by atoms with van der Waals surface area (Å²) in [5, 5.41) is 5.84. The molecular formula is C11H17N5O+2. The molecule has 17 heavy (non-hydrogen) atoms.